The van der Waals surface area contributed by atoms with Crippen molar-refractivity contribution in [2.45, 2.75) is 31.7 Å². The van der Waals surface area contributed by atoms with E-state index in [2.05, 4.69) is 15.1 Å². The summed E-state index contributed by atoms with van der Waals surface area (Å²) in [5, 5.41) is 7.67. The lowest BCUT2D eigenvalue weighted by Gasteiger charge is -2.13. The first-order valence-electron chi connectivity index (χ1n) is 9.43. The number of aromatic nitrogens is 2. The van der Waals surface area contributed by atoms with E-state index >= 15 is 0 Å². The lowest BCUT2D eigenvalue weighted by atomic mass is 10.1. The first kappa shape index (κ1) is 21.9. The van der Waals surface area contributed by atoms with Gasteiger partial charge in [-0.3, -0.25) is 14.2 Å². The highest BCUT2D eigenvalue weighted by Gasteiger charge is 2.18. The predicted octanol–water partition coefficient (Wildman–Crippen LogP) is 3.77. The molecule has 0 saturated heterocycles. The summed E-state index contributed by atoms with van der Waals surface area (Å²) in [7, 11) is -3.85. The van der Waals surface area contributed by atoms with E-state index in [1.807, 2.05) is 24.6 Å². The van der Waals surface area contributed by atoms with E-state index < -0.39 is 10.0 Å². The molecule has 1 amide bonds. The molecule has 9 heteroatoms. The number of amides is 1. The second kappa shape index (κ2) is 9.32. The number of para-hydroxylation sites is 1. The van der Waals surface area contributed by atoms with Gasteiger partial charge in [-0.25, -0.2) is 8.42 Å². The normalized spacial score (nSPS) is 11.3. The van der Waals surface area contributed by atoms with Gasteiger partial charge in [0.1, 0.15) is 0 Å². The molecule has 2 N–H and O–H groups in total. The van der Waals surface area contributed by atoms with Crippen molar-refractivity contribution in [3.63, 3.8) is 0 Å². The van der Waals surface area contributed by atoms with E-state index in [0.29, 0.717) is 24.5 Å². The second-order valence-electron chi connectivity index (χ2n) is 6.86. The fraction of sp³-hybridized carbons (Fsp3) is 0.238. The van der Waals surface area contributed by atoms with Crippen LogP contribution in [0.1, 0.15) is 28.2 Å². The van der Waals surface area contributed by atoms with Crippen LogP contribution in [0.3, 0.4) is 0 Å². The molecule has 7 nitrogen and oxygen atoms in total. The molecule has 158 valence electrons. The third kappa shape index (κ3) is 5.40. The molecule has 0 radical (unpaired) electrons. The predicted molar refractivity (Wildman–Crippen MR) is 117 cm³/mol. The number of hydrogen-bond donors (Lipinski definition) is 2. The molecule has 1 heterocycles. The summed E-state index contributed by atoms with van der Waals surface area (Å²) in [5.74, 6) is -0.349. The smallest absolute Gasteiger partial charge is 0.261 e. The van der Waals surface area contributed by atoms with Crippen LogP contribution >= 0.6 is 11.6 Å². The Labute approximate surface area is 181 Å². The fourth-order valence-electron chi connectivity index (χ4n) is 3.01. The third-order valence-electron chi connectivity index (χ3n) is 4.48. The lowest BCUT2D eigenvalue weighted by molar-refractivity contribution is 0.0953. The Morgan fingerprint density at radius 1 is 1.10 bits per heavy atom. The molecule has 2 aromatic carbocycles. The molecule has 30 heavy (non-hydrogen) atoms. The van der Waals surface area contributed by atoms with Gasteiger partial charge in [0.15, 0.2) is 0 Å². The number of carbonyl (C=O) groups excluding carboxylic acids is 1. The molecule has 0 aliphatic rings. The number of benzene rings is 2. The van der Waals surface area contributed by atoms with Crippen molar-refractivity contribution in [1.29, 1.82) is 0 Å². The Bertz CT molecular complexity index is 1140. The Balaban J connectivity index is 1.64. The number of hydrogen-bond acceptors (Lipinski definition) is 4. The van der Waals surface area contributed by atoms with Crippen molar-refractivity contribution in [3.05, 3.63) is 76.6 Å². The van der Waals surface area contributed by atoms with Gasteiger partial charge in [0.25, 0.3) is 15.9 Å². The number of aryl methyl sites for hydroxylation is 3. The quantitative estimate of drug-likeness (QED) is 0.515. The molecule has 0 saturated carbocycles. The summed E-state index contributed by atoms with van der Waals surface area (Å²) in [5.41, 5.74) is 2.49. The van der Waals surface area contributed by atoms with E-state index in [0.717, 1.165) is 11.4 Å². The summed E-state index contributed by atoms with van der Waals surface area (Å²) in [4.78, 5) is 12.7. The number of nitrogens with zero attached hydrogens (tertiary/aromatic N) is 2. The Kier molecular flexibility index (Phi) is 6.79. The number of sulfonamides is 1. The Morgan fingerprint density at radius 2 is 1.80 bits per heavy atom. The van der Waals surface area contributed by atoms with Crippen molar-refractivity contribution >= 4 is 33.2 Å². The van der Waals surface area contributed by atoms with Crippen LogP contribution in [-0.4, -0.2) is 30.7 Å². The maximum atomic E-state index is 12.6. The van der Waals surface area contributed by atoms with Gasteiger partial charge in [-0.05, 0) is 62.7 Å². The summed E-state index contributed by atoms with van der Waals surface area (Å²) < 4.78 is 29.7. The molecule has 0 spiro atoms. The zero-order valence-electron chi connectivity index (χ0n) is 16.7. The molecular formula is C21H23ClN4O3S. The average molecular weight is 447 g/mol. The molecule has 0 aliphatic carbocycles. The van der Waals surface area contributed by atoms with E-state index in [1.165, 1.54) is 24.3 Å². The van der Waals surface area contributed by atoms with Crippen molar-refractivity contribution in [2.75, 3.05) is 11.3 Å². The van der Waals surface area contributed by atoms with Crippen LogP contribution in [0.4, 0.5) is 5.69 Å². The number of carbonyl (C=O) groups is 1. The van der Waals surface area contributed by atoms with Crippen LogP contribution in [0.5, 0.6) is 0 Å². The molecule has 0 fully saturated rings. The molecule has 1 aromatic heterocycles. The summed E-state index contributed by atoms with van der Waals surface area (Å²) in [6.07, 6.45) is 0.701. The first-order chi connectivity index (χ1) is 14.3. The molecule has 0 atom stereocenters. The van der Waals surface area contributed by atoms with Gasteiger partial charge in [0.05, 0.1) is 21.8 Å². The third-order valence-corrected chi connectivity index (χ3v) is 6.11. The zero-order valence-corrected chi connectivity index (χ0v) is 18.3. The average Bonchev–Trinajstić information content (AvgIpc) is 3.02. The molecular weight excluding hydrogens is 424 g/mol. The van der Waals surface area contributed by atoms with Crippen LogP contribution in [0.15, 0.2) is 59.5 Å². The fourth-order valence-corrected chi connectivity index (χ4v) is 4.22. The van der Waals surface area contributed by atoms with Crippen molar-refractivity contribution in [2.24, 2.45) is 0 Å². The van der Waals surface area contributed by atoms with Gasteiger partial charge < -0.3 is 5.32 Å². The molecule has 0 unspecified atom stereocenters. The van der Waals surface area contributed by atoms with Crippen molar-refractivity contribution in [3.8, 4) is 0 Å². The van der Waals surface area contributed by atoms with Gasteiger partial charge in [-0.2, -0.15) is 5.10 Å². The van der Waals surface area contributed by atoms with E-state index in [-0.39, 0.29) is 22.1 Å². The summed E-state index contributed by atoms with van der Waals surface area (Å²) in [6.45, 7) is 5.05. The van der Waals surface area contributed by atoms with Crippen LogP contribution in [0, 0.1) is 13.8 Å². The van der Waals surface area contributed by atoms with Crippen LogP contribution < -0.4 is 10.0 Å². The minimum atomic E-state index is -3.85. The standard InChI is InChI=1S/C21H23ClN4O3S/c1-15-14-16(2)26(24-15)13-5-12-23-21(27)19-6-3-4-7-20(19)25-30(28,29)18-10-8-17(22)9-11-18/h3-4,6-11,14,25H,5,12-13H2,1-2H3,(H,23,27). The molecule has 3 rings (SSSR count). The number of rotatable bonds is 8. The maximum Gasteiger partial charge on any atom is 0.261 e. The lowest BCUT2D eigenvalue weighted by Crippen LogP contribution is -2.27. The topological polar surface area (TPSA) is 93.1 Å². The van der Waals surface area contributed by atoms with Crippen LogP contribution in [0.25, 0.3) is 0 Å². The maximum absolute atomic E-state index is 12.6. The van der Waals surface area contributed by atoms with Gasteiger partial charge in [0, 0.05) is 23.8 Å². The number of nitrogens with one attached hydrogen (secondary N) is 2. The highest BCUT2D eigenvalue weighted by molar-refractivity contribution is 7.92. The summed E-state index contributed by atoms with van der Waals surface area (Å²) >= 11 is 5.82. The second-order valence-corrected chi connectivity index (χ2v) is 8.98. The Hall–Kier alpha value is -2.84. The number of anilines is 1. The van der Waals surface area contributed by atoms with E-state index in [4.69, 9.17) is 11.6 Å². The van der Waals surface area contributed by atoms with E-state index in [9.17, 15) is 13.2 Å². The zero-order chi connectivity index (χ0) is 21.7. The van der Waals surface area contributed by atoms with Gasteiger partial charge >= 0.3 is 0 Å². The largest absolute Gasteiger partial charge is 0.352 e. The molecule has 3 aromatic rings. The summed E-state index contributed by atoms with van der Waals surface area (Å²) in [6, 6.07) is 14.3. The van der Waals surface area contributed by atoms with Gasteiger partial charge in [-0.15, -0.1) is 0 Å². The van der Waals surface area contributed by atoms with E-state index in [1.54, 1.807) is 24.3 Å². The van der Waals surface area contributed by atoms with Crippen LogP contribution in [0.2, 0.25) is 5.02 Å². The van der Waals surface area contributed by atoms with Crippen molar-refractivity contribution < 1.29 is 13.2 Å². The monoisotopic (exact) mass is 446 g/mol. The van der Waals surface area contributed by atoms with Gasteiger partial charge in [0.2, 0.25) is 0 Å². The number of halogens is 1. The first-order valence-corrected chi connectivity index (χ1v) is 11.3. The van der Waals surface area contributed by atoms with Gasteiger partial charge in [-0.1, -0.05) is 23.7 Å². The molecule has 0 aliphatic heterocycles. The minimum absolute atomic E-state index is 0.0620. The molecule has 0 bridgehead atoms. The SMILES string of the molecule is Cc1cc(C)n(CCCNC(=O)c2ccccc2NS(=O)(=O)c2ccc(Cl)cc2)n1. The highest BCUT2D eigenvalue weighted by atomic mass is 35.5. The minimum Gasteiger partial charge on any atom is -0.352 e. The Morgan fingerprint density at radius 3 is 2.47 bits per heavy atom. The highest BCUT2D eigenvalue weighted by Crippen LogP contribution is 2.21. The van der Waals surface area contributed by atoms with Crippen molar-refractivity contribution in [1.82, 2.24) is 15.1 Å². The van der Waals surface area contributed by atoms with Crippen LogP contribution in [-0.2, 0) is 16.6 Å².